The van der Waals surface area contributed by atoms with Gasteiger partial charge < -0.3 is 14.3 Å². The summed E-state index contributed by atoms with van der Waals surface area (Å²) in [7, 11) is 0. The lowest BCUT2D eigenvalue weighted by atomic mass is 9.87. The Morgan fingerprint density at radius 3 is 2.51 bits per heavy atom. The molecule has 4 unspecified atom stereocenters. The molecule has 4 atom stereocenters. The summed E-state index contributed by atoms with van der Waals surface area (Å²) in [6.45, 7) is 2.33. The molecule has 5 nitrogen and oxygen atoms in total. The minimum absolute atomic E-state index is 0.0501. The van der Waals surface area contributed by atoms with Crippen molar-refractivity contribution >= 4 is 49.6 Å². The lowest BCUT2D eigenvalue weighted by Gasteiger charge is -2.35. The lowest BCUT2D eigenvalue weighted by Crippen LogP contribution is -2.49. The molecule has 0 spiro atoms. The Kier molecular flexibility index (Phi) is 7.28. The number of furan rings is 1. The first-order chi connectivity index (χ1) is 25.2. The van der Waals surface area contributed by atoms with Crippen LogP contribution in [0.4, 0.5) is 0 Å². The van der Waals surface area contributed by atoms with Crippen molar-refractivity contribution in [1.29, 1.82) is 0 Å². The van der Waals surface area contributed by atoms with Gasteiger partial charge >= 0.3 is 0 Å². The van der Waals surface area contributed by atoms with Crippen molar-refractivity contribution in [3.8, 4) is 5.69 Å². The van der Waals surface area contributed by atoms with Gasteiger partial charge in [-0.2, -0.15) is 0 Å². The molecule has 10 rings (SSSR count). The normalized spacial score (nSPS) is 22.1. The van der Waals surface area contributed by atoms with Crippen molar-refractivity contribution in [2.45, 2.75) is 50.9 Å². The number of hydrogen-bond acceptors (Lipinski definition) is 4. The van der Waals surface area contributed by atoms with Gasteiger partial charge in [-0.15, -0.1) is 0 Å². The van der Waals surface area contributed by atoms with Gasteiger partial charge in [0.25, 0.3) is 0 Å². The van der Waals surface area contributed by atoms with E-state index in [-0.39, 0.29) is 12.3 Å². The standard InChI is InChI=1S/C46H40N4O/c1-29-12-8-9-17-35(29)46-48-44(31-15-6-3-7-16-31)47-45(49-46)33-20-23-37-39-28-34(22-25-42(39)51-43(37)27-33)50-40-19-11-10-18-36(40)38-26-32(21-24-41(38)50)30-13-4-2-5-14-30/h2-7,10-11,13,15-30,44,46,48H,8-9,12,14H2,1H3,(H,47,49). The number of benzene rings is 5. The average molecular weight is 665 g/mol. The van der Waals surface area contributed by atoms with Gasteiger partial charge in [-0.25, -0.2) is 4.99 Å². The van der Waals surface area contributed by atoms with Crippen molar-refractivity contribution in [3.05, 3.63) is 162 Å². The summed E-state index contributed by atoms with van der Waals surface area (Å²) in [6, 6.07) is 39.5. The van der Waals surface area contributed by atoms with E-state index in [1.54, 1.807) is 0 Å². The fourth-order valence-corrected chi connectivity index (χ4v) is 8.51. The average Bonchev–Trinajstić information content (AvgIpc) is 3.73. The zero-order chi connectivity index (χ0) is 33.9. The highest BCUT2D eigenvalue weighted by Crippen LogP contribution is 2.38. The van der Waals surface area contributed by atoms with E-state index in [0.29, 0.717) is 11.8 Å². The quantitative estimate of drug-likeness (QED) is 0.180. The first-order valence-corrected chi connectivity index (χ1v) is 18.4. The van der Waals surface area contributed by atoms with Crippen LogP contribution < -0.4 is 10.6 Å². The molecule has 3 heterocycles. The second kappa shape index (κ2) is 12.3. The number of para-hydroxylation sites is 1. The molecule has 3 aliphatic rings. The first-order valence-electron chi connectivity index (χ1n) is 18.4. The molecule has 250 valence electrons. The van der Waals surface area contributed by atoms with Gasteiger partial charge in [-0.3, -0.25) is 5.32 Å². The molecule has 0 saturated carbocycles. The number of nitrogens with zero attached hydrogens (tertiary/aromatic N) is 2. The molecule has 0 bridgehead atoms. The van der Waals surface area contributed by atoms with Gasteiger partial charge in [0.2, 0.25) is 0 Å². The molecule has 2 aliphatic carbocycles. The van der Waals surface area contributed by atoms with Crippen molar-refractivity contribution in [2.24, 2.45) is 10.9 Å². The van der Waals surface area contributed by atoms with Crippen LogP contribution in [0.2, 0.25) is 0 Å². The Balaban J connectivity index is 1.05. The van der Waals surface area contributed by atoms with Gasteiger partial charge in [-0.1, -0.05) is 98.0 Å². The maximum atomic E-state index is 6.55. The molecule has 0 radical (unpaired) electrons. The van der Waals surface area contributed by atoms with Gasteiger partial charge in [-0.05, 0) is 96.8 Å². The minimum Gasteiger partial charge on any atom is -0.456 e. The van der Waals surface area contributed by atoms with Crippen LogP contribution in [0.1, 0.15) is 61.4 Å². The van der Waals surface area contributed by atoms with E-state index in [9.17, 15) is 0 Å². The third-order valence-electron chi connectivity index (χ3n) is 11.2. The molecule has 1 aliphatic heterocycles. The van der Waals surface area contributed by atoms with Gasteiger partial charge in [0.05, 0.1) is 11.0 Å². The molecule has 0 amide bonds. The molecule has 0 fully saturated rings. The highest BCUT2D eigenvalue weighted by molar-refractivity contribution is 6.11. The largest absolute Gasteiger partial charge is 0.456 e. The van der Waals surface area contributed by atoms with Crippen molar-refractivity contribution < 1.29 is 4.42 Å². The van der Waals surface area contributed by atoms with Crippen molar-refractivity contribution in [2.75, 3.05) is 0 Å². The summed E-state index contributed by atoms with van der Waals surface area (Å²) in [5, 5.41) is 12.3. The molecule has 0 saturated heterocycles. The third kappa shape index (κ3) is 5.23. The SMILES string of the molecule is CC1CCCC=C1C1N=C(c2ccc3c(c2)oc2ccc(-n4c5ccccc5c5cc(C6C=CC=CC6)ccc54)cc23)NC(c2ccccc2)N1. The highest BCUT2D eigenvalue weighted by Gasteiger charge is 2.30. The molecule has 51 heavy (non-hydrogen) atoms. The first kappa shape index (κ1) is 30.2. The van der Waals surface area contributed by atoms with Crippen LogP contribution in [-0.2, 0) is 0 Å². The number of amidine groups is 1. The van der Waals surface area contributed by atoms with Crippen LogP contribution in [-0.4, -0.2) is 16.6 Å². The zero-order valence-electron chi connectivity index (χ0n) is 28.7. The number of aromatic nitrogens is 1. The predicted octanol–water partition coefficient (Wildman–Crippen LogP) is 11.0. The van der Waals surface area contributed by atoms with E-state index in [1.807, 2.05) is 0 Å². The predicted molar refractivity (Wildman–Crippen MR) is 211 cm³/mol. The van der Waals surface area contributed by atoms with Crippen LogP contribution in [0, 0.1) is 5.92 Å². The second-order valence-corrected chi connectivity index (χ2v) is 14.3. The van der Waals surface area contributed by atoms with Gasteiger partial charge in [0.15, 0.2) is 0 Å². The Morgan fingerprint density at radius 1 is 0.745 bits per heavy atom. The Morgan fingerprint density at radius 2 is 1.63 bits per heavy atom. The number of fused-ring (bicyclic) bond motifs is 6. The van der Waals surface area contributed by atoms with Crippen LogP contribution in [0.3, 0.4) is 0 Å². The molecule has 2 N–H and O–H groups in total. The van der Waals surface area contributed by atoms with E-state index < -0.39 is 0 Å². The van der Waals surface area contributed by atoms with E-state index in [1.165, 1.54) is 51.3 Å². The molecular formula is C46H40N4O. The fourth-order valence-electron chi connectivity index (χ4n) is 8.51. The van der Waals surface area contributed by atoms with Crippen LogP contribution in [0.25, 0.3) is 49.4 Å². The number of allylic oxidation sites excluding steroid dienone is 5. The lowest BCUT2D eigenvalue weighted by molar-refractivity contribution is 0.394. The summed E-state index contributed by atoms with van der Waals surface area (Å²) in [5.74, 6) is 1.80. The monoisotopic (exact) mass is 664 g/mol. The molecular weight excluding hydrogens is 625 g/mol. The van der Waals surface area contributed by atoms with Gasteiger partial charge in [0.1, 0.15) is 29.3 Å². The summed E-state index contributed by atoms with van der Waals surface area (Å²) in [4.78, 5) is 5.28. The zero-order valence-corrected chi connectivity index (χ0v) is 28.7. The van der Waals surface area contributed by atoms with Crippen LogP contribution in [0.5, 0.6) is 0 Å². The van der Waals surface area contributed by atoms with Crippen LogP contribution in [0.15, 0.2) is 155 Å². The number of aliphatic imine (C=N–C) groups is 1. The number of hydrogen-bond donors (Lipinski definition) is 2. The van der Waals surface area contributed by atoms with Crippen molar-refractivity contribution in [1.82, 2.24) is 15.2 Å². The molecule has 2 aromatic heterocycles. The smallest absolute Gasteiger partial charge is 0.136 e. The van der Waals surface area contributed by atoms with Crippen molar-refractivity contribution in [3.63, 3.8) is 0 Å². The Bertz CT molecular complexity index is 2580. The minimum atomic E-state index is -0.0750. The summed E-state index contributed by atoms with van der Waals surface area (Å²) >= 11 is 0. The second-order valence-electron chi connectivity index (χ2n) is 14.3. The van der Waals surface area contributed by atoms with E-state index in [0.717, 1.165) is 51.9 Å². The summed E-state index contributed by atoms with van der Waals surface area (Å²) < 4.78 is 8.95. The summed E-state index contributed by atoms with van der Waals surface area (Å²) in [6.07, 6.45) is 15.8. The van der Waals surface area contributed by atoms with E-state index in [2.05, 4.69) is 162 Å². The fraction of sp³-hybridized carbons (Fsp3) is 0.196. The Hall–Kier alpha value is -5.65. The topological polar surface area (TPSA) is 54.5 Å². The van der Waals surface area contributed by atoms with E-state index >= 15 is 0 Å². The van der Waals surface area contributed by atoms with Gasteiger partial charge in [0, 0.05) is 38.7 Å². The molecule has 5 aromatic carbocycles. The Labute approximate surface area is 297 Å². The third-order valence-corrected chi connectivity index (χ3v) is 11.2. The maximum absolute atomic E-state index is 6.55. The maximum Gasteiger partial charge on any atom is 0.136 e. The van der Waals surface area contributed by atoms with E-state index in [4.69, 9.17) is 9.41 Å². The number of rotatable bonds is 5. The number of nitrogens with one attached hydrogen (secondary N) is 2. The summed E-state index contributed by atoms with van der Waals surface area (Å²) in [5.41, 5.74) is 10.3. The highest BCUT2D eigenvalue weighted by atomic mass is 16.3. The molecule has 7 aromatic rings. The molecule has 5 heteroatoms. The van der Waals surface area contributed by atoms with Crippen LogP contribution >= 0.6 is 0 Å².